The summed E-state index contributed by atoms with van der Waals surface area (Å²) >= 11 is 0. The van der Waals surface area contributed by atoms with Crippen LogP contribution in [0.25, 0.3) is 5.69 Å². The van der Waals surface area contributed by atoms with Gasteiger partial charge in [-0.3, -0.25) is 15.1 Å². The highest BCUT2D eigenvalue weighted by Crippen LogP contribution is 2.40. The zero-order valence-electron chi connectivity index (χ0n) is 25.7. The van der Waals surface area contributed by atoms with E-state index in [0.717, 1.165) is 35.4 Å². The molecule has 1 fully saturated rings. The minimum Gasteiger partial charge on any atom is -0.317 e. The first kappa shape index (κ1) is 31.9. The first-order valence-electron chi connectivity index (χ1n) is 14.9. The Labute approximate surface area is 260 Å². The maximum absolute atomic E-state index is 14.1. The molecule has 4 aromatic rings. The van der Waals surface area contributed by atoms with Crippen molar-refractivity contribution in [1.29, 1.82) is 0 Å². The molecule has 1 atom stereocenters. The zero-order chi connectivity index (χ0) is 32.4. The molecule has 3 N–H and O–H groups in total. The smallest absolute Gasteiger partial charge is 0.317 e. The van der Waals surface area contributed by atoms with Crippen molar-refractivity contribution < 1.29 is 22.8 Å². The van der Waals surface area contributed by atoms with Gasteiger partial charge in [-0.05, 0) is 68.6 Å². The van der Waals surface area contributed by atoms with Gasteiger partial charge in [0.25, 0.3) is 0 Å². The number of piperidine rings is 1. The van der Waals surface area contributed by atoms with Gasteiger partial charge in [-0.2, -0.15) is 18.3 Å². The monoisotopic (exact) mass is 618 g/mol. The summed E-state index contributed by atoms with van der Waals surface area (Å²) in [6.07, 6.45) is -1.53. The number of carbonyl (C=O) groups is 2. The molecule has 2 aromatic heterocycles. The molecule has 1 aliphatic rings. The molecule has 236 valence electrons. The van der Waals surface area contributed by atoms with E-state index in [-0.39, 0.29) is 11.3 Å². The molecule has 11 heteroatoms. The van der Waals surface area contributed by atoms with Crippen molar-refractivity contribution in [2.75, 3.05) is 23.7 Å². The van der Waals surface area contributed by atoms with Gasteiger partial charge in [0, 0.05) is 35.1 Å². The van der Waals surface area contributed by atoms with E-state index >= 15 is 0 Å². The standard InChI is InChI=1S/C34H37F3N6O2/c1-21-9-11-23(12-10-21)43-29(19-28(42-43)33(2,3)4)41-32(45)40-27-8-6-5-7-24(27)30(22-13-16-38-17-14-22)31(44)25-20-39-18-15-26(25)34(35,36)37/h5-12,15,18-20,22,30,38H,13-14,16-17H2,1-4H3,(H2,40,41,45). The average molecular weight is 619 g/mol. The van der Waals surface area contributed by atoms with Gasteiger partial charge in [-0.1, -0.05) is 56.7 Å². The first-order chi connectivity index (χ1) is 21.3. The van der Waals surface area contributed by atoms with E-state index in [1.807, 2.05) is 58.0 Å². The van der Waals surface area contributed by atoms with Crippen molar-refractivity contribution >= 4 is 23.3 Å². The lowest BCUT2D eigenvalue weighted by Crippen LogP contribution is -2.35. The molecule has 0 radical (unpaired) electrons. The number of ketones is 1. The zero-order valence-corrected chi connectivity index (χ0v) is 25.7. The quantitative estimate of drug-likeness (QED) is 0.186. The van der Waals surface area contributed by atoms with Gasteiger partial charge in [0.2, 0.25) is 0 Å². The second kappa shape index (κ2) is 12.8. The minimum absolute atomic E-state index is 0.247. The number of amides is 2. The molecule has 8 nitrogen and oxygen atoms in total. The van der Waals surface area contributed by atoms with Gasteiger partial charge < -0.3 is 10.6 Å². The van der Waals surface area contributed by atoms with Crippen LogP contribution < -0.4 is 16.0 Å². The Morgan fingerprint density at radius 3 is 2.33 bits per heavy atom. The topological polar surface area (TPSA) is 101 Å². The molecule has 5 rings (SSSR count). The SMILES string of the molecule is Cc1ccc(-n2nc(C(C)(C)C)cc2NC(=O)Nc2ccccc2C(C(=O)c2cnccc2C(F)(F)F)C2CCNCC2)cc1. The van der Waals surface area contributed by atoms with E-state index in [2.05, 4.69) is 20.9 Å². The number of hydrogen-bond donors (Lipinski definition) is 3. The summed E-state index contributed by atoms with van der Waals surface area (Å²) in [6, 6.07) is 16.6. The molecule has 0 saturated carbocycles. The predicted molar refractivity (Wildman–Crippen MR) is 168 cm³/mol. The van der Waals surface area contributed by atoms with Crippen LogP contribution in [0.2, 0.25) is 0 Å². The second-order valence-corrected chi connectivity index (χ2v) is 12.4. The number of halogens is 3. The number of pyridine rings is 1. The summed E-state index contributed by atoms with van der Waals surface area (Å²) in [4.78, 5) is 31.5. The van der Waals surface area contributed by atoms with Gasteiger partial charge in [-0.25, -0.2) is 9.48 Å². The summed E-state index contributed by atoms with van der Waals surface area (Å²) < 4.78 is 43.5. The Kier molecular flexibility index (Phi) is 9.11. The highest BCUT2D eigenvalue weighted by molar-refractivity contribution is 6.05. The van der Waals surface area contributed by atoms with Crippen molar-refractivity contribution in [3.05, 3.63) is 101 Å². The number of alkyl halides is 3. The number of rotatable bonds is 7. The van der Waals surface area contributed by atoms with Gasteiger partial charge in [0.15, 0.2) is 5.78 Å². The fourth-order valence-electron chi connectivity index (χ4n) is 5.66. The van der Waals surface area contributed by atoms with Crippen LogP contribution in [0.1, 0.15) is 72.3 Å². The van der Waals surface area contributed by atoms with Gasteiger partial charge >= 0.3 is 12.2 Å². The van der Waals surface area contributed by atoms with Crippen molar-refractivity contribution in [3.8, 4) is 5.69 Å². The lowest BCUT2D eigenvalue weighted by Gasteiger charge is -2.32. The second-order valence-electron chi connectivity index (χ2n) is 12.4. The van der Waals surface area contributed by atoms with E-state index in [1.54, 1.807) is 28.9 Å². The normalized spacial score (nSPS) is 15.0. The number of urea groups is 1. The minimum atomic E-state index is -4.73. The largest absolute Gasteiger partial charge is 0.417 e. The maximum Gasteiger partial charge on any atom is 0.417 e. The Balaban J connectivity index is 1.49. The van der Waals surface area contributed by atoms with Crippen molar-refractivity contribution in [2.24, 2.45) is 5.92 Å². The van der Waals surface area contributed by atoms with Crippen LogP contribution in [-0.4, -0.2) is 39.7 Å². The summed E-state index contributed by atoms with van der Waals surface area (Å²) in [5.74, 6) is -1.41. The number of Topliss-reactive ketones (excluding diaryl/α,β-unsaturated/α-hetero) is 1. The lowest BCUT2D eigenvalue weighted by molar-refractivity contribution is -0.138. The molecule has 0 spiro atoms. The summed E-state index contributed by atoms with van der Waals surface area (Å²) in [7, 11) is 0. The van der Waals surface area contributed by atoms with Crippen LogP contribution >= 0.6 is 0 Å². The Morgan fingerprint density at radius 2 is 1.67 bits per heavy atom. The number of carbonyl (C=O) groups excluding carboxylic acids is 2. The molecule has 1 unspecified atom stereocenters. The van der Waals surface area contributed by atoms with Gasteiger partial charge in [-0.15, -0.1) is 0 Å². The number of aryl methyl sites for hydroxylation is 1. The van der Waals surface area contributed by atoms with Crippen LogP contribution in [0, 0.1) is 12.8 Å². The number of benzene rings is 2. The molecule has 0 aliphatic carbocycles. The van der Waals surface area contributed by atoms with E-state index in [1.165, 1.54) is 0 Å². The highest BCUT2D eigenvalue weighted by atomic mass is 19.4. The molecular weight excluding hydrogens is 581 g/mol. The lowest BCUT2D eigenvalue weighted by atomic mass is 9.75. The predicted octanol–water partition coefficient (Wildman–Crippen LogP) is 7.50. The molecule has 0 bridgehead atoms. The van der Waals surface area contributed by atoms with Crippen LogP contribution in [0.5, 0.6) is 0 Å². The fourth-order valence-corrected chi connectivity index (χ4v) is 5.66. The molecular formula is C34H37F3N6O2. The average Bonchev–Trinajstić information content (AvgIpc) is 3.43. The number of nitrogens with zero attached hydrogens (tertiary/aromatic N) is 3. The Morgan fingerprint density at radius 1 is 0.978 bits per heavy atom. The van der Waals surface area contributed by atoms with Crippen molar-refractivity contribution in [1.82, 2.24) is 20.1 Å². The van der Waals surface area contributed by atoms with Crippen LogP contribution in [0.3, 0.4) is 0 Å². The molecule has 45 heavy (non-hydrogen) atoms. The summed E-state index contributed by atoms with van der Waals surface area (Å²) in [5, 5.41) is 13.8. The number of anilines is 2. The van der Waals surface area contributed by atoms with Crippen LogP contribution in [0.15, 0.2) is 73.1 Å². The number of para-hydroxylation sites is 1. The van der Waals surface area contributed by atoms with E-state index < -0.39 is 35.0 Å². The van der Waals surface area contributed by atoms with Crippen LogP contribution in [-0.2, 0) is 11.6 Å². The Bertz CT molecular complexity index is 1670. The van der Waals surface area contributed by atoms with Crippen molar-refractivity contribution in [3.63, 3.8) is 0 Å². The van der Waals surface area contributed by atoms with E-state index in [4.69, 9.17) is 5.10 Å². The molecule has 1 saturated heterocycles. The van der Waals surface area contributed by atoms with Gasteiger partial charge in [0.05, 0.1) is 22.9 Å². The highest BCUT2D eigenvalue weighted by Gasteiger charge is 2.40. The Hall–Kier alpha value is -4.51. The number of aromatic nitrogens is 3. The van der Waals surface area contributed by atoms with Gasteiger partial charge in [0.1, 0.15) is 5.82 Å². The molecule has 2 aromatic carbocycles. The van der Waals surface area contributed by atoms with Crippen LogP contribution in [0.4, 0.5) is 29.5 Å². The maximum atomic E-state index is 14.1. The fraction of sp³-hybridized carbons (Fsp3) is 0.353. The van der Waals surface area contributed by atoms with Crippen molar-refractivity contribution in [2.45, 2.75) is 58.0 Å². The van der Waals surface area contributed by atoms with E-state index in [9.17, 15) is 22.8 Å². The first-order valence-corrected chi connectivity index (χ1v) is 14.9. The molecule has 1 aliphatic heterocycles. The third-order valence-corrected chi connectivity index (χ3v) is 8.07. The molecule has 3 heterocycles. The number of nitrogens with one attached hydrogen (secondary N) is 3. The third kappa shape index (κ3) is 7.25. The van der Waals surface area contributed by atoms with E-state index in [0.29, 0.717) is 43.0 Å². The number of hydrogen-bond acceptors (Lipinski definition) is 5. The summed E-state index contributed by atoms with van der Waals surface area (Å²) in [6.45, 7) is 9.32. The molecule has 2 amide bonds. The third-order valence-electron chi connectivity index (χ3n) is 8.07. The summed E-state index contributed by atoms with van der Waals surface area (Å²) in [5.41, 5.74) is 1.60.